The summed E-state index contributed by atoms with van der Waals surface area (Å²) < 4.78 is 0.966. The summed E-state index contributed by atoms with van der Waals surface area (Å²) in [6.07, 6.45) is 0.244. The van der Waals surface area contributed by atoms with Crippen molar-refractivity contribution in [3.8, 4) is 0 Å². The van der Waals surface area contributed by atoms with Crippen LogP contribution < -0.4 is 10.9 Å². The van der Waals surface area contributed by atoms with Crippen molar-refractivity contribution < 1.29 is 9.59 Å². The Labute approximate surface area is 96.2 Å². The fourth-order valence-electron chi connectivity index (χ4n) is 0.990. The molecule has 0 saturated carbocycles. The normalized spacial score (nSPS) is 9.47. The summed E-state index contributed by atoms with van der Waals surface area (Å²) >= 11 is 3.30. The quantitative estimate of drug-likeness (QED) is 0.793. The number of benzene rings is 1. The van der Waals surface area contributed by atoms with Crippen LogP contribution in [0.4, 0.5) is 0 Å². The molecule has 15 heavy (non-hydrogen) atoms. The van der Waals surface area contributed by atoms with E-state index in [0.29, 0.717) is 0 Å². The fourth-order valence-corrected chi connectivity index (χ4v) is 1.25. The van der Waals surface area contributed by atoms with Gasteiger partial charge in [-0.3, -0.25) is 20.4 Å². The molecule has 2 N–H and O–H groups in total. The maximum Gasteiger partial charge on any atom is 0.242 e. The van der Waals surface area contributed by atoms with E-state index in [9.17, 15) is 9.59 Å². The van der Waals surface area contributed by atoms with Crippen LogP contribution in [0.2, 0.25) is 0 Å². The summed E-state index contributed by atoms with van der Waals surface area (Å²) in [6, 6.07) is 7.41. The number of hydrogen-bond donors (Lipinski definition) is 2. The molecule has 0 aliphatic rings. The molecule has 4 nitrogen and oxygen atoms in total. The second-order valence-corrected chi connectivity index (χ2v) is 3.95. The van der Waals surface area contributed by atoms with E-state index in [-0.39, 0.29) is 18.2 Å². The van der Waals surface area contributed by atoms with Gasteiger partial charge in [-0.15, -0.1) is 0 Å². The molecule has 0 fully saturated rings. The van der Waals surface area contributed by atoms with Gasteiger partial charge in [-0.1, -0.05) is 28.1 Å². The number of hydrogen-bond acceptors (Lipinski definition) is 2. The monoisotopic (exact) mass is 270 g/mol. The van der Waals surface area contributed by atoms with E-state index in [4.69, 9.17) is 0 Å². The molecule has 80 valence electrons. The van der Waals surface area contributed by atoms with Crippen molar-refractivity contribution in [2.45, 2.75) is 13.3 Å². The van der Waals surface area contributed by atoms with Crippen LogP contribution in [-0.2, 0) is 16.0 Å². The predicted molar refractivity (Wildman–Crippen MR) is 59.8 cm³/mol. The minimum atomic E-state index is -0.292. The van der Waals surface area contributed by atoms with E-state index in [1.807, 2.05) is 24.3 Å². The fraction of sp³-hybridized carbons (Fsp3) is 0.200. The van der Waals surface area contributed by atoms with Gasteiger partial charge in [0, 0.05) is 11.4 Å². The molecule has 1 aromatic carbocycles. The second-order valence-electron chi connectivity index (χ2n) is 3.03. The highest BCUT2D eigenvalue weighted by Gasteiger charge is 2.02. The SMILES string of the molecule is CC(=O)NNC(=O)Cc1ccc(Br)cc1. The van der Waals surface area contributed by atoms with Crippen LogP contribution in [0, 0.1) is 0 Å². The number of carbonyl (C=O) groups is 2. The Balaban J connectivity index is 2.44. The van der Waals surface area contributed by atoms with Gasteiger partial charge in [0.05, 0.1) is 6.42 Å². The lowest BCUT2D eigenvalue weighted by Gasteiger charge is -2.04. The topological polar surface area (TPSA) is 58.2 Å². The van der Waals surface area contributed by atoms with Gasteiger partial charge in [0.15, 0.2) is 0 Å². The number of halogens is 1. The van der Waals surface area contributed by atoms with E-state index < -0.39 is 0 Å². The zero-order valence-corrected chi connectivity index (χ0v) is 9.80. The van der Waals surface area contributed by atoms with Crippen molar-refractivity contribution in [1.29, 1.82) is 0 Å². The Morgan fingerprint density at radius 1 is 1.20 bits per heavy atom. The third-order valence-corrected chi connectivity index (χ3v) is 2.18. The van der Waals surface area contributed by atoms with Crippen LogP contribution in [-0.4, -0.2) is 11.8 Å². The van der Waals surface area contributed by atoms with E-state index in [2.05, 4.69) is 26.8 Å². The average molecular weight is 271 g/mol. The number of rotatable bonds is 2. The molecule has 0 bridgehead atoms. The van der Waals surface area contributed by atoms with Crippen molar-refractivity contribution in [1.82, 2.24) is 10.9 Å². The first-order valence-corrected chi connectivity index (χ1v) is 5.17. The van der Waals surface area contributed by atoms with Crippen molar-refractivity contribution >= 4 is 27.7 Å². The van der Waals surface area contributed by atoms with E-state index in [0.717, 1.165) is 10.0 Å². The molecule has 0 heterocycles. The number of carbonyl (C=O) groups excluding carboxylic acids is 2. The maximum absolute atomic E-state index is 11.3. The minimum absolute atomic E-state index is 0.243. The van der Waals surface area contributed by atoms with Gasteiger partial charge in [0.25, 0.3) is 0 Å². The molecule has 0 unspecified atom stereocenters. The molecule has 0 spiro atoms. The molecule has 5 heteroatoms. The number of hydrazine groups is 1. The average Bonchev–Trinajstić information content (AvgIpc) is 2.19. The Kier molecular flexibility index (Phi) is 4.30. The Morgan fingerprint density at radius 3 is 2.33 bits per heavy atom. The minimum Gasteiger partial charge on any atom is -0.274 e. The van der Waals surface area contributed by atoms with Crippen LogP contribution in [0.5, 0.6) is 0 Å². The summed E-state index contributed by atoms with van der Waals surface area (Å²) in [5, 5.41) is 0. The van der Waals surface area contributed by atoms with Crippen LogP contribution in [0.1, 0.15) is 12.5 Å². The van der Waals surface area contributed by atoms with Crippen LogP contribution >= 0.6 is 15.9 Å². The van der Waals surface area contributed by atoms with Crippen molar-refractivity contribution in [2.24, 2.45) is 0 Å². The van der Waals surface area contributed by atoms with Crippen LogP contribution in [0.25, 0.3) is 0 Å². The summed E-state index contributed by atoms with van der Waals surface area (Å²) in [6.45, 7) is 1.33. The van der Waals surface area contributed by atoms with Crippen LogP contribution in [0.15, 0.2) is 28.7 Å². The lowest BCUT2D eigenvalue weighted by molar-refractivity contribution is -0.127. The summed E-state index contributed by atoms with van der Waals surface area (Å²) in [5.41, 5.74) is 5.41. The van der Waals surface area contributed by atoms with Gasteiger partial charge in [-0.2, -0.15) is 0 Å². The van der Waals surface area contributed by atoms with Gasteiger partial charge in [-0.05, 0) is 17.7 Å². The number of amides is 2. The van der Waals surface area contributed by atoms with Gasteiger partial charge >= 0.3 is 0 Å². The van der Waals surface area contributed by atoms with Crippen molar-refractivity contribution in [3.05, 3.63) is 34.3 Å². The highest BCUT2D eigenvalue weighted by Crippen LogP contribution is 2.10. The zero-order chi connectivity index (χ0) is 11.3. The molecule has 2 amide bonds. The lowest BCUT2D eigenvalue weighted by atomic mass is 10.1. The number of nitrogens with one attached hydrogen (secondary N) is 2. The maximum atomic E-state index is 11.3. The van der Waals surface area contributed by atoms with Gasteiger partial charge < -0.3 is 0 Å². The molecule has 0 aliphatic heterocycles. The molecule has 0 atom stereocenters. The van der Waals surface area contributed by atoms with Crippen molar-refractivity contribution in [2.75, 3.05) is 0 Å². The molecule has 0 aromatic heterocycles. The molecular weight excluding hydrogens is 260 g/mol. The molecule has 1 rings (SSSR count). The standard InChI is InChI=1S/C10H11BrN2O2/c1-7(14)12-13-10(15)6-8-2-4-9(11)5-3-8/h2-5H,6H2,1H3,(H,12,14)(H,13,15). The predicted octanol–water partition coefficient (Wildman–Crippen LogP) is 1.16. The Morgan fingerprint density at radius 2 is 1.80 bits per heavy atom. The molecular formula is C10H11BrN2O2. The second kappa shape index (κ2) is 5.50. The van der Waals surface area contributed by atoms with Crippen molar-refractivity contribution in [3.63, 3.8) is 0 Å². The summed E-state index contributed by atoms with van der Waals surface area (Å²) in [5.74, 6) is -0.535. The zero-order valence-electron chi connectivity index (χ0n) is 8.21. The summed E-state index contributed by atoms with van der Waals surface area (Å²) in [7, 11) is 0. The highest BCUT2D eigenvalue weighted by molar-refractivity contribution is 9.10. The molecule has 1 aromatic rings. The van der Waals surface area contributed by atoms with E-state index >= 15 is 0 Å². The smallest absolute Gasteiger partial charge is 0.242 e. The molecule has 0 radical (unpaired) electrons. The Hall–Kier alpha value is -1.36. The first kappa shape index (κ1) is 11.7. The lowest BCUT2D eigenvalue weighted by Crippen LogP contribution is -2.41. The highest BCUT2D eigenvalue weighted by atomic mass is 79.9. The van der Waals surface area contributed by atoms with Gasteiger partial charge in [-0.25, -0.2) is 0 Å². The van der Waals surface area contributed by atoms with E-state index in [1.165, 1.54) is 6.92 Å². The van der Waals surface area contributed by atoms with Crippen LogP contribution in [0.3, 0.4) is 0 Å². The molecule has 0 saturated heterocycles. The summed E-state index contributed by atoms with van der Waals surface area (Å²) in [4.78, 5) is 21.8. The Bertz CT molecular complexity index is 362. The first-order chi connectivity index (χ1) is 7.08. The first-order valence-electron chi connectivity index (χ1n) is 4.38. The van der Waals surface area contributed by atoms with Gasteiger partial charge in [0.2, 0.25) is 11.8 Å². The largest absolute Gasteiger partial charge is 0.274 e. The van der Waals surface area contributed by atoms with E-state index in [1.54, 1.807) is 0 Å². The third kappa shape index (κ3) is 4.60. The third-order valence-electron chi connectivity index (χ3n) is 1.66. The van der Waals surface area contributed by atoms with Gasteiger partial charge in [0.1, 0.15) is 0 Å². The molecule has 0 aliphatic carbocycles.